The van der Waals surface area contributed by atoms with Crippen molar-refractivity contribution < 1.29 is 8.85 Å². The summed E-state index contributed by atoms with van der Waals surface area (Å²) in [6.45, 7) is 10.4. The lowest BCUT2D eigenvalue weighted by Gasteiger charge is -2.22. The maximum atomic E-state index is 5.79. The fraction of sp³-hybridized carbons (Fsp3) is 1.00. The van der Waals surface area contributed by atoms with Gasteiger partial charge < -0.3 is 8.85 Å². The third kappa shape index (κ3) is 8.72. The van der Waals surface area contributed by atoms with Crippen molar-refractivity contribution in [2.24, 2.45) is 0 Å². The van der Waals surface area contributed by atoms with E-state index in [1.54, 1.807) is 0 Å². The first-order valence-corrected chi connectivity index (χ1v) is 8.72. The molecule has 2 nitrogen and oxygen atoms in total. The monoisotopic (exact) mass is 218 g/mol. The molecule has 0 aliphatic carbocycles. The molecule has 3 heteroatoms. The third-order valence-electron chi connectivity index (χ3n) is 2.15. The van der Waals surface area contributed by atoms with E-state index in [9.17, 15) is 0 Å². The molecule has 0 aromatic rings. The Morgan fingerprint density at radius 2 is 1.29 bits per heavy atom. The molecule has 0 aromatic carbocycles. The minimum Gasteiger partial charge on any atom is -0.395 e. The Morgan fingerprint density at radius 1 is 0.786 bits per heavy atom. The van der Waals surface area contributed by atoms with E-state index in [0.29, 0.717) is 0 Å². The zero-order valence-corrected chi connectivity index (χ0v) is 11.3. The van der Waals surface area contributed by atoms with Gasteiger partial charge in [0.25, 0.3) is 0 Å². The third-order valence-corrected chi connectivity index (χ3v) is 3.94. The predicted molar refractivity (Wildman–Crippen MR) is 63.8 cm³/mol. The molecule has 0 saturated heterocycles. The van der Waals surface area contributed by atoms with Gasteiger partial charge in [-0.25, -0.2) is 0 Å². The van der Waals surface area contributed by atoms with Crippen LogP contribution in [-0.4, -0.2) is 21.8 Å². The zero-order valence-electron chi connectivity index (χ0n) is 10.3. The van der Waals surface area contributed by atoms with Gasteiger partial charge >= 0.3 is 8.56 Å². The molecule has 0 radical (unpaired) electrons. The Morgan fingerprint density at radius 3 is 1.79 bits per heavy atom. The van der Waals surface area contributed by atoms with Crippen molar-refractivity contribution in [3.8, 4) is 0 Å². The highest BCUT2D eigenvalue weighted by molar-refractivity contribution is 6.64. The van der Waals surface area contributed by atoms with Crippen LogP contribution < -0.4 is 0 Å². The molecule has 0 bridgehead atoms. The van der Waals surface area contributed by atoms with Crippen LogP contribution >= 0.6 is 0 Å². The molecule has 0 heterocycles. The molecule has 0 amide bonds. The van der Waals surface area contributed by atoms with Gasteiger partial charge in [-0.1, -0.05) is 33.1 Å². The quantitative estimate of drug-likeness (QED) is 0.434. The highest BCUT2D eigenvalue weighted by atomic mass is 28.4. The molecule has 0 unspecified atom stereocenters. The highest BCUT2D eigenvalue weighted by Crippen LogP contribution is 2.09. The Hall–Kier alpha value is 0.137. The Bertz CT molecular complexity index is 126. The van der Waals surface area contributed by atoms with Crippen LogP contribution in [-0.2, 0) is 8.85 Å². The van der Waals surface area contributed by atoms with Crippen LogP contribution in [0.3, 0.4) is 0 Å². The number of hydrogen-bond donors (Lipinski definition) is 0. The molecule has 0 aliphatic heterocycles. The molecule has 0 spiro atoms. The largest absolute Gasteiger partial charge is 0.395 e. The van der Waals surface area contributed by atoms with E-state index >= 15 is 0 Å². The zero-order chi connectivity index (χ0) is 10.9. The van der Waals surface area contributed by atoms with Gasteiger partial charge in [0.2, 0.25) is 0 Å². The predicted octanol–water partition coefficient (Wildman–Crippen LogP) is 3.71. The average Bonchev–Trinajstić information content (AvgIpc) is 2.13. The van der Waals surface area contributed by atoms with E-state index in [1.165, 1.54) is 25.7 Å². The average molecular weight is 218 g/mol. The molecular weight excluding hydrogens is 192 g/mol. The minimum atomic E-state index is -1.79. The minimum absolute atomic E-state index is 0.865. The summed E-state index contributed by atoms with van der Waals surface area (Å²) in [6.07, 6.45) is 6.03. The van der Waals surface area contributed by atoms with Crippen LogP contribution in [0.15, 0.2) is 0 Å². The van der Waals surface area contributed by atoms with Gasteiger partial charge in [0, 0.05) is 13.2 Å². The summed E-state index contributed by atoms with van der Waals surface area (Å²) in [6, 6.07) is 0. The van der Waals surface area contributed by atoms with E-state index in [1.807, 2.05) is 0 Å². The normalized spacial score (nSPS) is 12.0. The molecule has 0 aromatic heterocycles. The summed E-state index contributed by atoms with van der Waals surface area (Å²) in [5.41, 5.74) is 0. The van der Waals surface area contributed by atoms with Crippen molar-refractivity contribution in [2.75, 3.05) is 13.2 Å². The van der Waals surface area contributed by atoms with Gasteiger partial charge in [-0.2, -0.15) is 0 Å². The lowest BCUT2D eigenvalue weighted by molar-refractivity contribution is 0.174. The van der Waals surface area contributed by atoms with Crippen molar-refractivity contribution in [3.63, 3.8) is 0 Å². The molecular formula is C11H26O2Si. The second kappa shape index (κ2) is 8.45. The first-order valence-electron chi connectivity index (χ1n) is 5.90. The summed E-state index contributed by atoms with van der Waals surface area (Å²) in [4.78, 5) is 0. The maximum absolute atomic E-state index is 5.79. The van der Waals surface area contributed by atoms with Gasteiger partial charge in [0.05, 0.1) is 0 Å². The van der Waals surface area contributed by atoms with Crippen molar-refractivity contribution in [1.29, 1.82) is 0 Å². The van der Waals surface area contributed by atoms with Crippen molar-refractivity contribution >= 4 is 8.56 Å². The van der Waals surface area contributed by atoms with Gasteiger partial charge in [0.15, 0.2) is 0 Å². The van der Waals surface area contributed by atoms with Gasteiger partial charge in [-0.15, -0.1) is 0 Å². The summed E-state index contributed by atoms with van der Waals surface area (Å²) in [7, 11) is -1.79. The number of hydrogen-bond acceptors (Lipinski definition) is 2. The molecule has 0 saturated carbocycles. The molecule has 14 heavy (non-hydrogen) atoms. The molecule has 0 fully saturated rings. The Kier molecular flexibility index (Phi) is 8.53. The lowest BCUT2D eigenvalue weighted by atomic mass is 10.3. The van der Waals surface area contributed by atoms with Crippen molar-refractivity contribution in [1.82, 2.24) is 0 Å². The smallest absolute Gasteiger partial charge is 0.331 e. The van der Waals surface area contributed by atoms with Crippen molar-refractivity contribution in [2.45, 2.75) is 59.0 Å². The van der Waals surface area contributed by atoms with Crippen LogP contribution in [0.1, 0.15) is 46.0 Å². The summed E-state index contributed by atoms with van der Waals surface area (Å²) >= 11 is 0. The second-order valence-corrected chi connectivity index (χ2v) is 7.53. The maximum Gasteiger partial charge on any atom is 0.331 e. The Balaban J connectivity index is 3.40. The van der Waals surface area contributed by atoms with Crippen LogP contribution in [0.25, 0.3) is 0 Å². The van der Waals surface area contributed by atoms with Crippen molar-refractivity contribution in [3.05, 3.63) is 0 Å². The number of unbranched alkanes of at least 4 members (excludes halogenated alkanes) is 3. The molecule has 0 aliphatic rings. The van der Waals surface area contributed by atoms with E-state index in [0.717, 1.165) is 19.6 Å². The van der Waals surface area contributed by atoms with Gasteiger partial charge in [-0.05, 0) is 25.9 Å². The molecule has 0 atom stereocenters. The Labute approximate surface area is 90.2 Å². The fourth-order valence-corrected chi connectivity index (χ4v) is 2.53. The molecule has 0 N–H and O–H groups in total. The van der Waals surface area contributed by atoms with Crippen LogP contribution in [0.4, 0.5) is 0 Å². The van der Waals surface area contributed by atoms with Gasteiger partial charge in [0.1, 0.15) is 0 Å². The van der Waals surface area contributed by atoms with E-state index < -0.39 is 8.56 Å². The number of rotatable bonds is 9. The summed E-state index contributed by atoms with van der Waals surface area (Å²) in [5.74, 6) is 0. The fourth-order valence-electron chi connectivity index (χ4n) is 1.17. The van der Waals surface area contributed by atoms with Crippen LogP contribution in [0, 0.1) is 0 Å². The standard InChI is InChI=1S/C11H26O2Si/c1-5-7-9-11-13-14(3,4)12-10-8-6-2/h5-11H2,1-4H3. The van der Waals surface area contributed by atoms with Gasteiger partial charge in [-0.3, -0.25) is 0 Å². The summed E-state index contributed by atoms with van der Waals surface area (Å²) < 4.78 is 11.6. The van der Waals surface area contributed by atoms with Crippen LogP contribution in [0.2, 0.25) is 13.1 Å². The first-order chi connectivity index (χ1) is 6.62. The molecule has 0 rings (SSSR count). The highest BCUT2D eigenvalue weighted by Gasteiger charge is 2.23. The SMILES string of the molecule is CCCCCO[Si](C)(C)OCCCC. The first kappa shape index (κ1) is 14.1. The van der Waals surface area contributed by atoms with E-state index in [2.05, 4.69) is 26.9 Å². The second-order valence-electron chi connectivity index (χ2n) is 4.16. The van der Waals surface area contributed by atoms with Crippen LogP contribution in [0.5, 0.6) is 0 Å². The van der Waals surface area contributed by atoms with E-state index in [4.69, 9.17) is 8.85 Å². The summed E-state index contributed by atoms with van der Waals surface area (Å²) in [5, 5.41) is 0. The van der Waals surface area contributed by atoms with E-state index in [-0.39, 0.29) is 0 Å². The lowest BCUT2D eigenvalue weighted by Crippen LogP contribution is -2.35. The topological polar surface area (TPSA) is 18.5 Å². The molecule has 86 valence electrons.